The molecule has 5 N–H and O–H groups in total. The lowest BCUT2D eigenvalue weighted by Crippen LogP contribution is -2.48. The number of methoxy groups -OCH3 is 7. The highest BCUT2D eigenvalue weighted by atomic mass is 16.6. The molecule has 6 heterocycles. The molecule has 0 saturated carbocycles. The van der Waals surface area contributed by atoms with E-state index in [-0.39, 0.29) is 177 Å². The van der Waals surface area contributed by atoms with Crippen LogP contribution >= 0.6 is 0 Å². The van der Waals surface area contributed by atoms with Gasteiger partial charge in [0.1, 0.15) is 60.0 Å². The standard InChI is InChI=1S/C36H62N4O14.C13H24O5.C12H22N4O6.C10H16N4O4/c1-12-35(7,20-33(3,4)27(42)49-10)29(44)53-18-16-51-23-39-25-26(38(22-48-9)32(39)47)40(31(46)37(25)14-15-41)24-52-17-19-54-30(45)36(8,13-2)21-34(5,6)28(43)50-11;1-6-13(4,11(16)18-8-7-14)9-12(2,3)10(15)17-5;1-21-7-15-9-10(16(8-22-2)12(15)20)14(4-6-18)11(19)13(9)3-5-17;1-11-7-8(14(6-18-3)10(11)17)12(2)9(16)13(7)4-5-15/h25-26,41H,12-24H2,1-11H3;14H,6-9H2,1-5H3;9-10,17-18H,3-8H2,1-2H3;7-8,15H,1-2,4-6H2,3H3/q;;;+2/p+1. The fourth-order valence-corrected chi connectivity index (χ4v) is 14.3. The van der Waals surface area contributed by atoms with Crippen molar-refractivity contribution in [2.24, 2.45) is 32.5 Å². The second kappa shape index (κ2) is 43.8. The molecule has 6 saturated heterocycles. The van der Waals surface area contributed by atoms with Crippen LogP contribution in [0.4, 0.5) is 28.8 Å². The Labute approximate surface area is 656 Å². The summed E-state index contributed by atoms with van der Waals surface area (Å²) in [4.78, 5) is 164. The lowest BCUT2D eigenvalue weighted by atomic mass is 9.72. The van der Waals surface area contributed by atoms with Crippen LogP contribution in [0.2, 0.25) is 0 Å². The van der Waals surface area contributed by atoms with E-state index < -0.39 is 111 Å². The highest BCUT2D eigenvalue weighted by Gasteiger charge is 2.69. The molecule has 9 unspecified atom stereocenters. The third-order valence-corrected chi connectivity index (χ3v) is 20.3. The molecule has 0 aromatic rings. The number of ether oxygens (including phenoxy) is 12. The van der Waals surface area contributed by atoms with Gasteiger partial charge in [0, 0.05) is 48.1 Å². The number of nitrogens with zero attached hydrogens (tertiary/aromatic N) is 12. The fourth-order valence-electron chi connectivity index (χ4n) is 14.3. The van der Waals surface area contributed by atoms with Gasteiger partial charge in [-0.1, -0.05) is 20.8 Å². The average Bonchev–Trinajstić information content (AvgIpc) is 1.58. The van der Waals surface area contributed by atoms with E-state index in [4.69, 9.17) is 67.1 Å². The molecule has 0 bridgehead atoms. The number of hydrogen-bond donors (Lipinski definition) is 5. The summed E-state index contributed by atoms with van der Waals surface area (Å²) in [5.41, 5.74) is -5.26. The Kier molecular flexibility index (Phi) is 38.3. The monoisotopic (exact) mass is 1610 g/mol. The third kappa shape index (κ3) is 22.8. The van der Waals surface area contributed by atoms with E-state index >= 15 is 0 Å². The molecule has 9 atom stereocenters. The van der Waals surface area contributed by atoms with Gasteiger partial charge >= 0.3 is 85.8 Å². The topological polar surface area (TPSA) is 455 Å². The number of rotatable bonds is 43. The molecule has 640 valence electrons. The molecular formula is C71H125N12O29+3. The van der Waals surface area contributed by atoms with Gasteiger partial charge in [-0.05, 0) is 101 Å². The Balaban J connectivity index is 0.000000594. The average molecular weight is 1610 g/mol. The maximum atomic E-state index is 13.6. The van der Waals surface area contributed by atoms with Crippen LogP contribution in [0.5, 0.6) is 0 Å². The fraction of sp³-hybridized carbons (Fsp3) is 0.803. The Hall–Kier alpha value is -8.26. The van der Waals surface area contributed by atoms with Gasteiger partial charge in [0.15, 0.2) is 31.4 Å². The highest BCUT2D eigenvalue weighted by molar-refractivity contribution is 5.87. The van der Waals surface area contributed by atoms with Crippen LogP contribution in [-0.4, -0.2) is 389 Å². The van der Waals surface area contributed by atoms with Crippen molar-refractivity contribution < 1.29 is 150 Å². The number of β-amino-alcohol motifs (C(OH)–C–C–N with tert-alkyl or cyclic N) is 4. The number of carbonyl (C=O) groups excluding carboxylic acids is 12. The molecule has 0 aromatic carbocycles. The van der Waals surface area contributed by atoms with Crippen LogP contribution in [0.25, 0.3) is 0 Å². The summed E-state index contributed by atoms with van der Waals surface area (Å²) in [6.07, 6.45) is -1.90. The van der Waals surface area contributed by atoms with Crippen molar-refractivity contribution in [1.29, 1.82) is 0 Å². The van der Waals surface area contributed by atoms with E-state index in [1.807, 2.05) is 20.8 Å². The van der Waals surface area contributed by atoms with Gasteiger partial charge in [0.25, 0.3) is 0 Å². The second-order valence-corrected chi connectivity index (χ2v) is 29.9. The van der Waals surface area contributed by atoms with Gasteiger partial charge in [-0.25, -0.2) is 19.2 Å². The molecule has 41 heteroatoms. The molecule has 0 aromatic heterocycles. The first-order valence-corrected chi connectivity index (χ1v) is 36.7. The summed E-state index contributed by atoms with van der Waals surface area (Å²) in [6, 6.07) is -2.36. The zero-order valence-corrected chi connectivity index (χ0v) is 68.7. The smallest absolute Gasteiger partial charge is 0.469 e. The Bertz CT molecular complexity index is 3040. The molecule has 6 aliphatic rings. The summed E-state index contributed by atoms with van der Waals surface area (Å²) >= 11 is 0. The SMILES string of the molecule is C=[N+]1C(=O)N(COC)C2C1N(CCO)C(=O)[N+]2=C.CCC(C)(CC(C)(C)C(=O)OC)C(=O)OCCO.CCC(C)(CC(C)(C)C(=O)OC)C(=O)OCCOCN1C(=O)N(COC)C2C1N(CCO)C(=O)N2COCCOC(=O)C(C)(CC)CC(C)(C)C(=O)OC.COCN1C(=O)N(COC)C2C1N(CCO)C(=O)N2CCO.[H+]. The number of aliphatic hydroxyl groups excluding tert-OH is 5. The molecule has 0 spiro atoms. The number of aliphatic hydroxyl groups is 5. The number of urea groups is 6. The van der Waals surface area contributed by atoms with Gasteiger partial charge in [-0.2, -0.15) is 28.5 Å². The largest absolute Gasteiger partial charge is 1.00 e. The predicted octanol–water partition coefficient (Wildman–Crippen LogP) is 1.23. The lowest BCUT2D eigenvalue weighted by molar-refractivity contribution is -0.519. The number of amides is 12. The second-order valence-electron chi connectivity index (χ2n) is 29.9. The van der Waals surface area contributed by atoms with Crippen LogP contribution in [0.3, 0.4) is 0 Å². The minimum Gasteiger partial charge on any atom is -0.469 e. The Morgan fingerprint density at radius 3 is 0.866 bits per heavy atom. The predicted molar refractivity (Wildman–Crippen MR) is 393 cm³/mol. The number of fused-ring (bicyclic) bond motifs is 3. The third-order valence-electron chi connectivity index (χ3n) is 20.3. The van der Waals surface area contributed by atoms with Crippen LogP contribution in [0.15, 0.2) is 0 Å². The van der Waals surface area contributed by atoms with Crippen LogP contribution < -0.4 is 0 Å². The summed E-state index contributed by atoms with van der Waals surface area (Å²) in [5.74, 6) is -2.62. The van der Waals surface area contributed by atoms with Crippen molar-refractivity contribution >= 4 is 85.4 Å². The zero-order chi connectivity index (χ0) is 85.2. The summed E-state index contributed by atoms with van der Waals surface area (Å²) in [6.45, 7) is 26.3. The lowest BCUT2D eigenvalue weighted by Gasteiger charge is -2.33. The molecule has 6 rings (SSSR count). The zero-order valence-electron chi connectivity index (χ0n) is 69.7. The normalized spacial score (nSPS) is 21.1. The van der Waals surface area contributed by atoms with E-state index in [0.29, 0.717) is 25.7 Å². The molecule has 112 heavy (non-hydrogen) atoms. The van der Waals surface area contributed by atoms with Gasteiger partial charge in [0.2, 0.25) is 0 Å². The van der Waals surface area contributed by atoms with E-state index in [9.17, 15) is 72.9 Å². The van der Waals surface area contributed by atoms with Gasteiger partial charge in [0.05, 0.1) is 114 Å². The molecule has 6 aliphatic heterocycles. The molecule has 12 amide bonds. The van der Waals surface area contributed by atoms with Gasteiger partial charge in [-0.15, -0.1) is 0 Å². The van der Waals surface area contributed by atoms with E-state index in [2.05, 4.69) is 13.4 Å². The van der Waals surface area contributed by atoms with Crippen molar-refractivity contribution in [3.8, 4) is 0 Å². The summed E-state index contributed by atoms with van der Waals surface area (Å²) in [5, 5.41) is 45.8. The summed E-state index contributed by atoms with van der Waals surface area (Å²) in [7, 11) is 9.70. The van der Waals surface area contributed by atoms with Crippen LogP contribution in [-0.2, 0) is 85.6 Å². The van der Waals surface area contributed by atoms with Crippen LogP contribution in [0, 0.1) is 32.5 Å². The van der Waals surface area contributed by atoms with E-state index in [1.54, 1.807) is 62.3 Å². The number of esters is 6. The van der Waals surface area contributed by atoms with E-state index in [0.717, 1.165) is 0 Å². The molecule has 0 aliphatic carbocycles. The number of hydrogen-bond acceptors (Lipinski definition) is 29. The molecule has 6 fully saturated rings. The van der Waals surface area contributed by atoms with Gasteiger partial charge in [-0.3, -0.25) is 68.0 Å². The van der Waals surface area contributed by atoms with Crippen molar-refractivity contribution in [2.75, 3.05) is 182 Å². The van der Waals surface area contributed by atoms with Crippen molar-refractivity contribution in [2.45, 2.75) is 159 Å². The maximum Gasteiger partial charge on any atom is 1.00 e. The molecular weight excluding hydrogens is 1480 g/mol. The first-order valence-electron chi connectivity index (χ1n) is 36.7. The summed E-state index contributed by atoms with van der Waals surface area (Å²) < 4.78 is 64.8. The highest BCUT2D eigenvalue weighted by Crippen LogP contribution is 2.43. The molecule has 41 nitrogen and oxygen atoms in total. The van der Waals surface area contributed by atoms with Crippen molar-refractivity contribution in [3.63, 3.8) is 0 Å². The quantitative estimate of drug-likeness (QED) is 0.0248. The van der Waals surface area contributed by atoms with Gasteiger partial charge < -0.3 is 82.4 Å². The Morgan fingerprint density at radius 2 is 0.589 bits per heavy atom. The first-order chi connectivity index (χ1) is 52.6. The van der Waals surface area contributed by atoms with Crippen molar-refractivity contribution in [1.82, 2.24) is 49.0 Å². The Morgan fingerprint density at radius 1 is 0.348 bits per heavy atom. The minimum absolute atomic E-state index is 0. The van der Waals surface area contributed by atoms with Crippen LogP contribution in [0.1, 0.15) is 123 Å². The first kappa shape index (κ1) is 97.9. The van der Waals surface area contributed by atoms with Crippen molar-refractivity contribution in [3.05, 3.63) is 0 Å². The maximum absolute atomic E-state index is 13.6. The van der Waals surface area contributed by atoms with E-state index in [1.165, 1.54) is 108 Å². The molecule has 0 radical (unpaired) electrons. The number of carbonyl (C=O) groups is 12. The minimum atomic E-state index is -0.961.